The molecule has 0 aromatic heterocycles. The summed E-state index contributed by atoms with van der Waals surface area (Å²) in [6.07, 6.45) is 1.35. The topological polar surface area (TPSA) is 52.6 Å². The first-order valence-corrected chi connectivity index (χ1v) is 7.63. The van der Waals surface area contributed by atoms with E-state index >= 15 is 0 Å². The van der Waals surface area contributed by atoms with Crippen molar-refractivity contribution in [1.82, 2.24) is 0 Å². The van der Waals surface area contributed by atoms with Crippen LogP contribution in [-0.2, 0) is 24.5 Å². The molecule has 0 bridgehead atoms. The lowest BCUT2D eigenvalue weighted by Crippen LogP contribution is -2.46. The fourth-order valence-electron chi connectivity index (χ4n) is 2.13. The molecule has 0 heterocycles. The number of carbonyl (C=O) groups excluding carboxylic acids is 2. The third-order valence-corrected chi connectivity index (χ3v) is 3.51. The molecule has 1 rings (SSSR count). The fourth-order valence-corrected chi connectivity index (χ4v) is 2.59. The van der Waals surface area contributed by atoms with Gasteiger partial charge in [-0.2, -0.15) is 0 Å². The Hall–Kier alpha value is -1.69. The quantitative estimate of drug-likeness (QED) is 0.417. The number of carbonyl (C=O) groups is 2. The minimum Gasteiger partial charge on any atom is -0.465 e. The molecule has 0 radical (unpaired) electrons. The first-order chi connectivity index (χ1) is 10.4. The van der Waals surface area contributed by atoms with E-state index < -0.39 is 23.2 Å². The second-order valence-electron chi connectivity index (χ2n) is 4.50. The van der Waals surface area contributed by atoms with Crippen LogP contribution < -0.4 is 0 Å². The predicted molar refractivity (Wildman–Crippen MR) is 83.9 cm³/mol. The average Bonchev–Trinajstić information content (AvgIpc) is 2.44. The largest absolute Gasteiger partial charge is 0.465 e. The minimum absolute atomic E-state index is 0.0550. The van der Waals surface area contributed by atoms with Gasteiger partial charge in [-0.3, -0.25) is 9.59 Å². The molecule has 0 aliphatic carbocycles. The summed E-state index contributed by atoms with van der Waals surface area (Å²) in [5.74, 6) is -2.15. The third-order valence-electron chi connectivity index (χ3n) is 3.05. The van der Waals surface area contributed by atoms with E-state index in [4.69, 9.17) is 9.47 Å². The highest BCUT2D eigenvalue weighted by Crippen LogP contribution is 2.34. The van der Waals surface area contributed by atoms with Gasteiger partial charge in [-0.15, -0.1) is 6.58 Å². The second-order valence-corrected chi connectivity index (χ2v) is 5.41. The summed E-state index contributed by atoms with van der Waals surface area (Å²) in [5, 5.41) is 0. The molecular weight excluding hydrogens is 355 g/mol. The highest BCUT2D eigenvalue weighted by molar-refractivity contribution is 9.10. The Morgan fingerprint density at radius 1 is 1.23 bits per heavy atom. The van der Waals surface area contributed by atoms with Gasteiger partial charge in [0, 0.05) is 4.47 Å². The maximum atomic E-state index is 13.7. The summed E-state index contributed by atoms with van der Waals surface area (Å²) in [5.41, 5.74) is -1.60. The van der Waals surface area contributed by atoms with Gasteiger partial charge >= 0.3 is 11.9 Å². The molecule has 0 aliphatic rings. The second kappa shape index (κ2) is 8.08. The first-order valence-electron chi connectivity index (χ1n) is 6.84. The van der Waals surface area contributed by atoms with E-state index in [0.717, 1.165) is 6.07 Å². The molecule has 0 atom stereocenters. The van der Waals surface area contributed by atoms with E-state index in [9.17, 15) is 14.0 Å². The maximum Gasteiger partial charge on any atom is 0.328 e. The van der Waals surface area contributed by atoms with Gasteiger partial charge in [0.05, 0.1) is 13.2 Å². The van der Waals surface area contributed by atoms with Gasteiger partial charge in [0.15, 0.2) is 5.41 Å². The zero-order chi connectivity index (χ0) is 16.8. The van der Waals surface area contributed by atoms with E-state index in [-0.39, 0.29) is 25.2 Å². The van der Waals surface area contributed by atoms with Crippen molar-refractivity contribution in [2.75, 3.05) is 13.2 Å². The summed E-state index contributed by atoms with van der Waals surface area (Å²) >= 11 is 3.16. The standard InChI is InChI=1S/C16H18BrFO4/c1-4-7-16(14(19)21-5-2,15(20)22-6-3)11-8-12(17)10-13(18)9-11/h4,8-10H,1,5-7H2,2-3H3. The zero-order valence-electron chi connectivity index (χ0n) is 12.5. The highest BCUT2D eigenvalue weighted by Gasteiger charge is 2.50. The molecule has 0 saturated heterocycles. The Morgan fingerprint density at radius 2 is 1.77 bits per heavy atom. The van der Waals surface area contributed by atoms with Crippen LogP contribution in [0.5, 0.6) is 0 Å². The van der Waals surface area contributed by atoms with Gasteiger partial charge in [0.25, 0.3) is 0 Å². The summed E-state index contributed by atoms with van der Waals surface area (Å²) in [7, 11) is 0. The van der Waals surface area contributed by atoms with Crippen LogP contribution in [0.25, 0.3) is 0 Å². The van der Waals surface area contributed by atoms with Gasteiger partial charge in [0.2, 0.25) is 0 Å². The average molecular weight is 373 g/mol. The number of ether oxygens (including phenoxy) is 2. The molecule has 0 fully saturated rings. The molecule has 0 saturated carbocycles. The molecule has 120 valence electrons. The Balaban J connectivity index is 3.55. The summed E-state index contributed by atoms with van der Waals surface area (Å²) < 4.78 is 24.2. The number of allylic oxidation sites excluding steroid dienone is 1. The van der Waals surface area contributed by atoms with E-state index in [0.29, 0.717) is 4.47 Å². The highest BCUT2D eigenvalue weighted by atomic mass is 79.9. The van der Waals surface area contributed by atoms with Crippen molar-refractivity contribution in [2.24, 2.45) is 0 Å². The van der Waals surface area contributed by atoms with Crippen molar-refractivity contribution in [3.05, 3.63) is 46.7 Å². The summed E-state index contributed by atoms with van der Waals surface area (Å²) in [6.45, 7) is 7.02. The molecule has 0 N–H and O–H groups in total. The van der Waals surface area contributed by atoms with E-state index in [1.54, 1.807) is 13.8 Å². The maximum absolute atomic E-state index is 13.7. The molecule has 1 aromatic carbocycles. The smallest absolute Gasteiger partial charge is 0.328 e. The van der Waals surface area contributed by atoms with Gasteiger partial charge < -0.3 is 9.47 Å². The lowest BCUT2D eigenvalue weighted by atomic mass is 9.77. The van der Waals surface area contributed by atoms with Crippen LogP contribution in [0.2, 0.25) is 0 Å². The van der Waals surface area contributed by atoms with E-state index in [1.165, 1.54) is 18.2 Å². The molecule has 0 aliphatic heterocycles. The molecular formula is C16H18BrFO4. The van der Waals surface area contributed by atoms with Crippen LogP contribution in [0.15, 0.2) is 35.3 Å². The Bertz CT molecular complexity index is 533. The molecule has 0 unspecified atom stereocenters. The van der Waals surface area contributed by atoms with Crippen molar-refractivity contribution >= 4 is 27.9 Å². The summed E-state index contributed by atoms with van der Waals surface area (Å²) in [6, 6.07) is 3.86. The van der Waals surface area contributed by atoms with Crippen molar-refractivity contribution < 1.29 is 23.5 Å². The Labute approximate surface area is 137 Å². The van der Waals surface area contributed by atoms with Crippen molar-refractivity contribution in [3.8, 4) is 0 Å². The zero-order valence-corrected chi connectivity index (χ0v) is 14.1. The number of benzene rings is 1. The van der Waals surface area contributed by atoms with E-state index in [2.05, 4.69) is 22.5 Å². The first kappa shape index (κ1) is 18.4. The minimum atomic E-state index is -1.77. The van der Waals surface area contributed by atoms with E-state index in [1.807, 2.05) is 0 Å². The molecule has 1 aromatic rings. The molecule has 0 spiro atoms. The van der Waals surface area contributed by atoms with Crippen LogP contribution in [-0.4, -0.2) is 25.2 Å². The molecule has 22 heavy (non-hydrogen) atoms. The van der Waals surface area contributed by atoms with Crippen LogP contribution in [0.4, 0.5) is 4.39 Å². The number of hydrogen-bond donors (Lipinski definition) is 0. The van der Waals surface area contributed by atoms with Gasteiger partial charge in [-0.05, 0) is 44.0 Å². The van der Waals surface area contributed by atoms with Crippen LogP contribution in [0, 0.1) is 5.82 Å². The van der Waals surface area contributed by atoms with Crippen molar-refractivity contribution in [3.63, 3.8) is 0 Å². The Kier molecular flexibility index (Phi) is 6.74. The molecule has 6 heteroatoms. The summed E-state index contributed by atoms with van der Waals surface area (Å²) in [4.78, 5) is 25.0. The monoisotopic (exact) mass is 372 g/mol. The number of halogens is 2. The fraction of sp³-hybridized carbons (Fsp3) is 0.375. The normalized spacial score (nSPS) is 10.9. The van der Waals surface area contributed by atoms with Gasteiger partial charge in [-0.1, -0.05) is 22.0 Å². The lowest BCUT2D eigenvalue weighted by Gasteiger charge is -2.28. The van der Waals surface area contributed by atoms with Gasteiger partial charge in [0.1, 0.15) is 5.82 Å². The molecule has 4 nitrogen and oxygen atoms in total. The lowest BCUT2D eigenvalue weighted by molar-refractivity contribution is -0.164. The van der Waals surface area contributed by atoms with Crippen LogP contribution in [0.1, 0.15) is 25.8 Å². The van der Waals surface area contributed by atoms with Crippen LogP contribution >= 0.6 is 15.9 Å². The van der Waals surface area contributed by atoms with Crippen molar-refractivity contribution in [2.45, 2.75) is 25.7 Å². The van der Waals surface area contributed by atoms with Gasteiger partial charge in [-0.25, -0.2) is 4.39 Å². The Morgan fingerprint density at radius 3 is 2.18 bits per heavy atom. The number of esters is 2. The SMILES string of the molecule is C=CCC(C(=O)OCC)(C(=O)OCC)c1cc(F)cc(Br)c1. The number of hydrogen-bond acceptors (Lipinski definition) is 4. The predicted octanol–water partition coefficient (Wildman–Crippen LogP) is 3.53. The van der Waals surface area contributed by atoms with Crippen LogP contribution in [0.3, 0.4) is 0 Å². The number of rotatable bonds is 7. The third kappa shape index (κ3) is 3.74. The molecule has 0 amide bonds. The van der Waals surface area contributed by atoms with Crippen molar-refractivity contribution in [1.29, 1.82) is 0 Å².